The summed E-state index contributed by atoms with van der Waals surface area (Å²) in [6.07, 6.45) is 6.64. The number of allylic oxidation sites excluding steroid dienone is 1. The van der Waals surface area contributed by atoms with Gasteiger partial charge in [-0.05, 0) is 65.9 Å². The van der Waals surface area contributed by atoms with Gasteiger partial charge in [-0.2, -0.15) is 0 Å². The van der Waals surface area contributed by atoms with Crippen molar-refractivity contribution < 1.29 is 18.9 Å². The molecule has 5 nitrogen and oxygen atoms in total. The molecule has 0 bridgehead atoms. The standard InChI is InChI=1S/C27H27NO4/c1-20-15-25-27(32-19-31-25)17-23(20)9-6-13-28-14-12-21-10-11-24(29-2)26(16-21)30-18-22-7-4-3-5-8-22/h3-11,13,15-17H,12,14,18-19H2,1-2H3/b9-6+,28-13+. The average molecular weight is 430 g/mol. The zero-order chi connectivity index (χ0) is 22.2. The highest BCUT2D eigenvalue weighted by atomic mass is 16.7. The lowest BCUT2D eigenvalue weighted by atomic mass is 10.1. The first-order valence-corrected chi connectivity index (χ1v) is 10.6. The number of benzene rings is 3. The average Bonchev–Trinajstić information content (AvgIpc) is 3.27. The van der Waals surface area contributed by atoms with Gasteiger partial charge in [0.2, 0.25) is 6.79 Å². The van der Waals surface area contributed by atoms with Gasteiger partial charge < -0.3 is 18.9 Å². The lowest BCUT2D eigenvalue weighted by molar-refractivity contribution is 0.174. The Morgan fingerprint density at radius 3 is 2.56 bits per heavy atom. The van der Waals surface area contributed by atoms with Crippen LogP contribution in [0.25, 0.3) is 6.08 Å². The summed E-state index contributed by atoms with van der Waals surface area (Å²) in [5, 5.41) is 0. The van der Waals surface area contributed by atoms with Crippen molar-refractivity contribution in [3.05, 3.63) is 89.0 Å². The molecule has 0 aliphatic carbocycles. The molecule has 4 rings (SSSR count). The van der Waals surface area contributed by atoms with Gasteiger partial charge in [-0.25, -0.2) is 0 Å². The van der Waals surface area contributed by atoms with E-state index in [-0.39, 0.29) is 6.79 Å². The molecular formula is C27H27NO4. The first-order valence-electron chi connectivity index (χ1n) is 10.6. The van der Waals surface area contributed by atoms with Crippen molar-refractivity contribution in [3.8, 4) is 23.0 Å². The summed E-state index contributed by atoms with van der Waals surface area (Å²) < 4.78 is 22.3. The molecule has 3 aromatic carbocycles. The van der Waals surface area contributed by atoms with Crippen LogP contribution in [0.4, 0.5) is 0 Å². The molecule has 1 aliphatic heterocycles. The second-order valence-electron chi connectivity index (χ2n) is 7.49. The zero-order valence-electron chi connectivity index (χ0n) is 18.4. The minimum absolute atomic E-state index is 0.285. The molecule has 1 aliphatic rings. The maximum atomic E-state index is 6.00. The van der Waals surface area contributed by atoms with Crippen LogP contribution in [0.5, 0.6) is 23.0 Å². The van der Waals surface area contributed by atoms with E-state index in [0.29, 0.717) is 13.2 Å². The van der Waals surface area contributed by atoms with E-state index in [4.69, 9.17) is 18.9 Å². The van der Waals surface area contributed by atoms with Gasteiger partial charge in [-0.15, -0.1) is 0 Å². The maximum Gasteiger partial charge on any atom is 0.231 e. The monoisotopic (exact) mass is 429 g/mol. The van der Waals surface area contributed by atoms with Gasteiger partial charge >= 0.3 is 0 Å². The lowest BCUT2D eigenvalue weighted by Crippen LogP contribution is -1.99. The largest absolute Gasteiger partial charge is 0.493 e. The number of nitrogens with zero attached hydrogens (tertiary/aromatic N) is 1. The fourth-order valence-electron chi connectivity index (χ4n) is 3.44. The Hall–Kier alpha value is -3.73. The van der Waals surface area contributed by atoms with E-state index < -0.39 is 0 Å². The predicted molar refractivity (Wildman–Crippen MR) is 127 cm³/mol. The quantitative estimate of drug-likeness (QED) is 0.413. The van der Waals surface area contributed by atoms with Crippen LogP contribution < -0.4 is 18.9 Å². The van der Waals surface area contributed by atoms with Crippen LogP contribution in [0.2, 0.25) is 0 Å². The molecule has 0 aromatic heterocycles. The van der Waals surface area contributed by atoms with Crippen molar-refractivity contribution in [1.29, 1.82) is 0 Å². The van der Waals surface area contributed by atoms with E-state index >= 15 is 0 Å². The highest BCUT2D eigenvalue weighted by Crippen LogP contribution is 2.35. The van der Waals surface area contributed by atoms with Gasteiger partial charge in [0.25, 0.3) is 0 Å². The molecule has 0 saturated carbocycles. The molecule has 32 heavy (non-hydrogen) atoms. The number of aliphatic imine (C=N–C) groups is 1. The Balaban J connectivity index is 1.31. The predicted octanol–water partition coefficient (Wildman–Crippen LogP) is 5.64. The van der Waals surface area contributed by atoms with Crippen LogP contribution in [0, 0.1) is 6.92 Å². The van der Waals surface area contributed by atoms with Crippen LogP contribution in [-0.4, -0.2) is 26.7 Å². The minimum Gasteiger partial charge on any atom is -0.493 e. The van der Waals surface area contributed by atoms with Crippen LogP contribution in [-0.2, 0) is 13.0 Å². The van der Waals surface area contributed by atoms with Crippen LogP contribution in [0.1, 0.15) is 22.3 Å². The fraction of sp³-hybridized carbons (Fsp3) is 0.222. The molecule has 0 radical (unpaired) electrons. The number of methoxy groups -OCH3 is 1. The number of aryl methyl sites for hydroxylation is 1. The van der Waals surface area contributed by atoms with Crippen LogP contribution in [0.15, 0.2) is 71.7 Å². The van der Waals surface area contributed by atoms with Crippen molar-refractivity contribution in [1.82, 2.24) is 0 Å². The number of hydrogen-bond acceptors (Lipinski definition) is 5. The normalized spacial score (nSPS) is 12.6. The maximum absolute atomic E-state index is 6.00. The molecule has 0 N–H and O–H groups in total. The van der Waals surface area contributed by atoms with Crippen molar-refractivity contribution in [2.75, 3.05) is 20.4 Å². The Morgan fingerprint density at radius 2 is 1.75 bits per heavy atom. The summed E-state index contributed by atoms with van der Waals surface area (Å²) in [4.78, 5) is 4.51. The Kier molecular flexibility index (Phi) is 7.08. The molecule has 3 aromatic rings. The zero-order valence-corrected chi connectivity index (χ0v) is 18.4. The van der Waals surface area contributed by atoms with E-state index in [1.807, 2.05) is 73.0 Å². The minimum atomic E-state index is 0.285. The molecule has 0 saturated heterocycles. The fourth-order valence-corrected chi connectivity index (χ4v) is 3.44. The summed E-state index contributed by atoms with van der Waals surface area (Å²) in [7, 11) is 1.66. The van der Waals surface area contributed by atoms with Gasteiger partial charge in [0.05, 0.1) is 7.11 Å². The second kappa shape index (κ2) is 10.5. The molecule has 0 fully saturated rings. The van der Waals surface area contributed by atoms with E-state index in [2.05, 4.69) is 18.0 Å². The van der Waals surface area contributed by atoms with Crippen molar-refractivity contribution in [2.45, 2.75) is 20.0 Å². The summed E-state index contributed by atoms with van der Waals surface area (Å²) in [6, 6.07) is 20.1. The summed E-state index contributed by atoms with van der Waals surface area (Å²) in [5.41, 5.74) is 4.51. The van der Waals surface area contributed by atoms with E-state index in [1.165, 1.54) is 0 Å². The van der Waals surface area contributed by atoms with Crippen LogP contribution in [0.3, 0.4) is 0 Å². The van der Waals surface area contributed by atoms with Crippen LogP contribution >= 0.6 is 0 Å². The van der Waals surface area contributed by atoms with E-state index in [9.17, 15) is 0 Å². The number of ether oxygens (including phenoxy) is 4. The second-order valence-corrected chi connectivity index (χ2v) is 7.49. The van der Waals surface area contributed by atoms with Crippen molar-refractivity contribution in [2.24, 2.45) is 4.99 Å². The molecule has 0 amide bonds. The van der Waals surface area contributed by atoms with Gasteiger partial charge in [0.15, 0.2) is 23.0 Å². The van der Waals surface area contributed by atoms with Gasteiger partial charge in [-0.3, -0.25) is 4.99 Å². The Labute approximate surface area is 188 Å². The molecule has 0 unspecified atom stereocenters. The third-order valence-corrected chi connectivity index (χ3v) is 5.22. The number of fused-ring (bicyclic) bond motifs is 1. The first-order chi connectivity index (χ1) is 15.7. The lowest BCUT2D eigenvalue weighted by Gasteiger charge is -2.12. The summed E-state index contributed by atoms with van der Waals surface area (Å²) in [5.74, 6) is 3.07. The summed E-state index contributed by atoms with van der Waals surface area (Å²) in [6.45, 7) is 3.53. The van der Waals surface area contributed by atoms with Gasteiger partial charge in [0, 0.05) is 12.8 Å². The molecule has 164 valence electrons. The molecular weight excluding hydrogens is 402 g/mol. The van der Waals surface area contributed by atoms with Crippen molar-refractivity contribution in [3.63, 3.8) is 0 Å². The molecule has 1 heterocycles. The molecule has 5 heteroatoms. The number of rotatable bonds is 9. The van der Waals surface area contributed by atoms with E-state index in [0.717, 1.165) is 51.7 Å². The van der Waals surface area contributed by atoms with E-state index in [1.54, 1.807) is 7.11 Å². The molecule has 0 atom stereocenters. The SMILES string of the molecule is COc1ccc(CC/N=C/C=C/c2cc3c(cc2C)OCO3)cc1OCc1ccccc1. The number of hydrogen-bond donors (Lipinski definition) is 0. The highest BCUT2D eigenvalue weighted by molar-refractivity contribution is 5.79. The molecule has 0 spiro atoms. The summed E-state index contributed by atoms with van der Waals surface area (Å²) >= 11 is 0. The van der Waals surface area contributed by atoms with Gasteiger partial charge in [0.1, 0.15) is 6.61 Å². The van der Waals surface area contributed by atoms with Crippen molar-refractivity contribution >= 4 is 12.3 Å². The first kappa shape index (κ1) is 21.5. The third kappa shape index (κ3) is 5.49. The Morgan fingerprint density at radius 1 is 0.938 bits per heavy atom. The Bertz CT molecular complexity index is 1110. The topological polar surface area (TPSA) is 49.3 Å². The smallest absolute Gasteiger partial charge is 0.231 e. The highest BCUT2D eigenvalue weighted by Gasteiger charge is 2.14. The van der Waals surface area contributed by atoms with Gasteiger partial charge in [-0.1, -0.05) is 42.5 Å². The third-order valence-electron chi connectivity index (χ3n) is 5.22.